The van der Waals surface area contributed by atoms with Gasteiger partial charge < -0.3 is 15.2 Å². The van der Waals surface area contributed by atoms with Crippen molar-refractivity contribution in [1.82, 2.24) is 5.32 Å². The molecule has 0 radical (unpaired) electrons. The Hall–Kier alpha value is -3.15. The second kappa shape index (κ2) is 10.3. The van der Waals surface area contributed by atoms with Gasteiger partial charge in [0.05, 0.1) is 18.9 Å². The second-order valence-corrected chi connectivity index (χ2v) is 6.57. The number of hydrogen-bond donors (Lipinski definition) is 2. The highest BCUT2D eigenvalue weighted by Gasteiger charge is 2.32. The van der Waals surface area contributed by atoms with Crippen LogP contribution < -0.4 is 5.32 Å². The van der Waals surface area contributed by atoms with Gasteiger partial charge in [-0.25, -0.2) is 4.79 Å². The highest BCUT2D eigenvalue weighted by atomic mass is 16.5. The second-order valence-electron chi connectivity index (χ2n) is 6.57. The van der Waals surface area contributed by atoms with Gasteiger partial charge in [-0.05, 0) is 24.0 Å². The summed E-state index contributed by atoms with van der Waals surface area (Å²) in [7, 11) is 0. The molecule has 2 aromatic rings. The number of benzene rings is 2. The molecule has 0 spiro atoms. The van der Waals surface area contributed by atoms with Crippen LogP contribution in [0.15, 0.2) is 60.7 Å². The summed E-state index contributed by atoms with van der Waals surface area (Å²) in [5, 5.41) is 12.2. The van der Waals surface area contributed by atoms with E-state index in [4.69, 9.17) is 4.74 Å². The maximum Gasteiger partial charge on any atom is 0.326 e. The molecule has 28 heavy (non-hydrogen) atoms. The molecule has 2 rings (SSSR count). The molecule has 0 aliphatic rings. The van der Waals surface area contributed by atoms with Crippen LogP contribution in [-0.4, -0.2) is 35.6 Å². The Morgan fingerprint density at radius 2 is 1.46 bits per heavy atom. The fraction of sp³-hybridized carbons (Fsp3) is 0.318. The number of carbonyl (C=O) groups excluding carboxylic acids is 2. The molecule has 6 nitrogen and oxygen atoms in total. The Bertz CT molecular complexity index is 752. The van der Waals surface area contributed by atoms with E-state index in [1.165, 1.54) is 0 Å². The van der Waals surface area contributed by atoms with Gasteiger partial charge >= 0.3 is 11.9 Å². The van der Waals surface area contributed by atoms with E-state index >= 15 is 0 Å². The lowest BCUT2D eigenvalue weighted by Crippen LogP contribution is -2.47. The van der Waals surface area contributed by atoms with Gasteiger partial charge in [-0.1, -0.05) is 67.6 Å². The molecule has 0 aliphatic carbocycles. The standard InChI is InChI=1S/C22H25NO5/c1-3-28-18(24)14-15(2)20(22(26)27)23-21(25)19(16-10-6-4-7-11-16)17-12-8-5-9-13-17/h4-13,15,19-20H,3,14H2,1-2H3,(H,23,25)(H,26,27)/t15-,20+/m1/s1. The first-order valence-corrected chi connectivity index (χ1v) is 9.22. The molecule has 0 aromatic heterocycles. The topological polar surface area (TPSA) is 92.7 Å². The van der Waals surface area contributed by atoms with Gasteiger partial charge in [0.15, 0.2) is 0 Å². The number of ether oxygens (including phenoxy) is 1. The number of carbonyl (C=O) groups is 3. The predicted molar refractivity (Wildman–Crippen MR) is 105 cm³/mol. The zero-order chi connectivity index (χ0) is 20.5. The number of esters is 1. The number of carboxylic acids is 1. The maximum absolute atomic E-state index is 13.1. The number of amides is 1. The van der Waals surface area contributed by atoms with Crippen molar-refractivity contribution in [3.8, 4) is 0 Å². The maximum atomic E-state index is 13.1. The van der Waals surface area contributed by atoms with Crippen molar-refractivity contribution in [3.05, 3.63) is 71.8 Å². The number of rotatable bonds is 9. The average Bonchev–Trinajstić information content (AvgIpc) is 2.68. The lowest BCUT2D eigenvalue weighted by atomic mass is 9.89. The SMILES string of the molecule is CCOC(=O)C[C@@H](C)[C@H](NC(=O)C(c1ccccc1)c1ccccc1)C(=O)O. The van der Waals surface area contributed by atoms with E-state index in [0.29, 0.717) is 0 Å². The Morgan fingerprint density at radius 1 is 0.964 bits per heavy atom. The average molecular weight is 383 g/mol. The van der Waals surface area contributed by atoms with Gasteiger partial charge in [0.25, 0.3) is 0 Å². The molecule has 0 bridgehead atoms. The molecule has 2 aromatic carbocycles. The lowest BCUT2D eigenvalue weighted by Gasteiger charge is -2.24. The van der Waals surface area contributed by atoms with Crippen LogP contribution in [0.2, 0.25) is 0 Å². The summed E-state index contributed by atoms with van der Waals surface area (Å²) in [5.74, 6) is -3.38. The molecule has 0 saturated heterocycles. The molecule has 2 atom stereocenters. The van der Waals surface area contributed by atoms with Crippen LogP contribution in [0.1, 0.15) is 37.3 Å². The molecular weight excluding hydrogens is 358 g/mol. The summed E-state index contributed by atoms with van der Waals surface area (Å²) in [4.78, 5) is 36.5. The zero-order valence-electron chi connectivity index (χ0n) is 16.0. The van der Waals surface area contributed by atoms with E-state index in [9.17, 15) is 19.5 Å². The fourth-order valence-corrected chi connectivity index (χ4v) is 3.07. The normalized spacial score (nSPS) is 12.8. The molecule has 1 amide bonds. The summed E-state index contributed by atoms with van der Waals surface area (Å²) in [6.45, 7) is 3.51. The van der Waals surface area contributed by atoms with Crippen LogP contribution in [0.3, 0.4) is 0 Å². The summed E-state index contributed by atoms with van der Waals surface area (Å²) in [6.07, 6.45) is -0.0908. The number of nitrogens with one attached hydrogen (secondary N) is 1. The highest BCUT2D eigenvalue weighted by molar-refractivity contribution is 5.91. The van der Waals surface area contributed by atoms with E-state index in [0.717, 1.165) is 11.1 Å². The van der Waals surface area contributed by atoms with Gasteiger partial charge in [-0.2, -0.15) is 0 Å². The van der Waals surface area contributed by atoms with Crippen molar-refractivity contribution in [2.45, 2.75) is 32.2 Å². The van der Waals surface area contributed by atoms with E-state index in [-0.39, 0.29) is 13.0 Å². The van der Waals surface area contributed by atoms with Gasteiger partial charge in [0, 0.05) is 0 Å². The summed E-state index contributed by atoms with van der Waals surface area (Å²) in [5.41, 5.74) is 1.52. The summed E-state index contributed by atoms with van der Waals surface area (Å²) >= 11 is 0. The van der Waals surface area contributed by atoms with Crippen LogP contribution in [0.5, 0.6) is 0 Å². The third kappa shape index (κ3) is 5.67. The zero-order valence-corrected chi connectivity index (χ0v) is 16.0. The Labute approximate surface area is 164 Å². The molecule has 0 unspecified atom stereocenters. The van der Waals surface area contributed by atoms with E-state index in [2.05, 4.69) is 5.32 Å². The third-order valence-corrected chi connectivity index (χ3v) is 4.45. The van der Waals surface area contributed by atoms with Crippen molar-refractivity contribution in [1.29, 1.82) is 0 Å². The third-order valence-electron chi connectivity index (χ3n) is 4.45. The van der Waals surface area contributed by atoms with Crippen molar-refractivity contribution >= 4 is 17.8 Å². The van der Waals surface area contributed by atoms with Crippen molar-refractivity contribution in [2.24, 2.45) is 5.92 Å². The molecule has 2 N–H and O–H groups in total. The smallest absolute Gasteiger partial charge is 0.326 e. The minimum atomic E-state index is -1.20. The highest BCUT2D eigenvalue weighted by Crippen LogP contribution is 2.25. The molecule has 0 saturated carbocycles. The lowest BCUT2D eigenvalue weighted by molar-refractivity contribution is -0.147. The van der Waals surface area contributed by atoms with Crippen LogP contribution in [0.25, 0.3) is 0 Å². The molecule has 148 valence electrons. The largest absolute Gasteiger partial charge is 0.480 e. The van der Waals surface area contributed by atoms with Crippen LogP contribution in [0.4, 0.5) is 0 Å². The number of aliphatic carboxylic acids is 1. The van der Waals surface area contributed by atoms with Gasteiger partial charge in [0.1, 0.15) is 6.04 Å². The first-order chi connectivity index (χ1) is 13.4. The van der Waals surface area contributed by atoms with Crippen molar-refractivity contribution < 1.29 is 24.2 Å². The number of carboxylic acid groups (broad SMARTS) is 1. The van der Waals surface area contributed by atoms with E-state index < -0.39 is 35.7 Å². The fourth-order valence-electron chi connectivity index (χ4n) is 3.07. The molecule has 0 fully saturated rings. The molecule has 0 heterocycles. The summed E-state index contributed by atoms with van der Waals surface area (Å²) < 4.78 is 4.89. The first kappa shape index (κ1) is 21.2. The Morgan fingerprint density at radius 3 is 1.89 bits per heavy atom. The minimum Gasteiger partial charge on any atom is -0.480 e. The monoisotopic (exact) mass is 383 g/mol. The van der Waals surface area contributed by atoms with Gasteiger partial charge in [-0.3, -0.25) is 9.59 Å². The van der Waals surface area contributed by atoms with Gasteiger partial charge in [-0.15, -0.1) is 0 Å². The predicted octanol–water partition coefficient (Wildman–Crippen LogP) is 2.98. The van der Waals surface area contributed by atoms with Crippen molar-refractivity contribution in [2.75, 3.05) is 6.61 Å². The van der Waals surface area contributed by atoms with Crippen LogP contribution in [0, 0.1) is 5.92 Å². The van der Waals surface area contributed by atoms with E-state index in [1.54, 1.807) is 13.8 Å². The quantitative estimate of drug-likeness (QED) is 0.650. The number of hydrogen-bond acceptors (Lipinski definition) is 4. The van der Waals surface area contributed by atoms with Crippen LogP contribution in [-0.2, 0) is 19.1 Å². The molecular formula is C22H25NO5. The van der Waals surface area contributed by atoms with Crippen LogP contribution >= 0.6 is 0 Å². The first-order valence-electron chi connectivity index (χ1n) is 9.22. The molecule has 0 aliphatic heterocycles. The Balaban J connectivity index is 2.25. The molecule has 6 heteroatoms. The van der Waals surface area contributed by atoms with Gasteiger partial charge in [0.2, 0.25) is 5.91 Å². The van der Waals surface area contributed by atoms with Crippen molar-refractivity contribution in [3.63, 3.8) is 0 Å². The minimum absolute atomic E-state index is 0.0908. The summed E-state index contributed by atoms with van der Waals surface area (Å²) in [6, 6.07) is 17.1. The Kier molecular flexibility index (Phi) is 7.75. The van der Waals surface area contributed by atoms with E-state index in [1.807, 2.05) is 60.7 Å².